The lowest BCUT2D eigenvalue weighted by Gasteiger charge is -2.04. The van der Waals surface area contributed by atoms with Crippen LogP contribution in [0.5, 0.6) is 0 Å². The van der Waals surface area contributed by atoms with Crippen molar-refractivity contribution < 1.29 is 4.79 Å². The van der Waals surface area contributed by atoms with E-state index in [1.54, 1.807) is 4.68 Å². The molecule has 0 aliphatic carbocycles. The third-order valence-electron chi connectivity index (χ3n) is 2.87. The molecule has 1 aromatic heterocycles. The van der Waals surface area contributed by atoms with Crippen LogP contribution in [0.15, 0.2) is 30.6 Å². The molecule has 0 fully saturated rings. The molecule has 2 aromatic rings. The van der Waals surface area contributed by atoms with Crippen molar-refractivity contribution in [2.75, 3.05) is 5.73 Å². The number of nitrogen functional groups attached to an aromatic ring is 1. The van der Waals surface area contributed by atoms with Crippen molar-refractivity contribution in [1.29, 1.82) is 0 Å². The Morgan fingerprint density at radius 1 is 1.26 bits per heavy atom. The second-order valence-electron chi connectivity index (χ2n) is 4.53. The quantitative estimate of drug-likeness (QED) is 0.799. The minimum Gasteiger partial charge on any atom is -0.399 e. The van der Waals surface area contributed by atoms with Crippen molar-refractivity contribution in [3.05, 3.63) is 42.0 Å². The Morgan fingerprint density at radius 3 is 2.68 bits per heavy atom. The molecule has 0 amide bonds. The number of Topliss-reactive ketones (excluding diaryl/α,β-unsaturated/α-hetero) is 1. The van der Waals surface area contributed by atoms with Crippen LogP contribution in [0.1, 0.15) is 24.7 Å². The van der Waals surface area contributed by atoms with Crippen molar-refractivity contribution in [2.45, 2.75) is 32.7 Å². The van der Waals surface area contributed by atoms with E-state index in [1.165, 1.54) is 6.33 Å². The maximum atomic E-state index is 12.0. The number of benzene rings is 1. The first-order valence-corrected chi connectivity index (χ1v) is 6.42. The molecule has 0 unspecified atom stereocenters. The van der Waals surface area contributed by atoms with Crippen LogP contribution in [0, 0.1) is 0 Å². The van der Waals surface area contributed by atoms with Crippen LogP contribution in [0.25, 0.3) is 0 Å². The second kappa shape index (κ2) is 6.13. The predicted octanol–water partition coefficient (Wildman–Crippen LogP) is 1.62. The summed E-state index contributed by atoms with van der Waals surface area (Å²) in [6, 6.07) is 7.37. The SMILES string of the molecule is CCCn1ncnc1CC(=O)Cc1ccc(N)cc1. The minimum absolute atomic E-state index is 0.134. The Balaban J connectivity index is 1.97. The highest BCUT2D eigenvalue weighted by Gasteiger charge is 2.10. The number of anilines is 1. The molecule has 2 rings (SSSR count). The highest BCUT2D eigenvalue weighted by molar-refractivity contribution is 5.82. The van der Waals surface area contributed by atoms with E-state index in [1.807, 2.05) is 24.3 Å². The molecule has 0 aliphatic rings. The van der Waals surface area contributed by atoms with E-state index in [2.05, 4.69) is 17.0 Å². The Morgan fingerprint density at radius 2 is 2.00 bits per heavy atom. The van der Waals surface area contributed by atoms with Gasteiger partial charge in [0.05, 0.1) is 6.42 Å². The Bertz CT molecular complexity index is 545. The van der Waals surface area contributed by atoms with Crippen LogP contribution < -0.4 is 5.73 Å². The van der Waals surface area contributed by atoms with Gasteiger partial charge in [-0.1, -0.05) is 19.1 Å². The summed E-state index contributed by atoms with van der Waals surface area (Å²) in [6.45, 7) is 2.87. The molecular weight excluding hydrogens is 240 g/mol. The highest BCUT2D eigenvalue weighted by Crippen LogP contribution is 2.08. The first kappa shape index (κ1) is 13.3. The average Bonchev–Trinajstić information content (AvgIpc) is 2.80. The molecule has 0 saturated carbocycles. The Hall–Kier alpha value is -2.17. The zero-order valence-electron chi connectivity index (χ0n) is 11.0. The first-order valence-electron chi connectivity index (χ1n) is 6.42. The van der Waals surface area contributed by atoms with E-state index >= 15 is 0 Å². The van der Waals surface area contributed by atoms with Gasteiger partial charge in [-0.15, -0.1) is 0 Å². The molecular formula is C14H18N4O. The molecule has 0 spiro atoms. The lowest BCUT2D eigenvalue weighted by Crippen LogP contribution is -2.13. The van der Waals surface area contributed by atoms with Gasteiger partial charge >= 0.3 is 0 Å². The molecule has 0 radical (unpaired) electrons. The number of carbonyl (C=O) groups excluding carboxylic acids is 1. The maximum Gasteiger partial charge on any atom is 0.144 e. The molecule has 0 saturated heterocycles. The van der Waals surface area contributed by atoms with Gasteiger partial charge in [0.25, 0.3) is 0 Å². The van der Waals surface area contributed by atoms with Gasteiger partial charge in [0.1, 0.15) is 17.9 Å². The van der Waals surface area contributed by atoms with Crippen LogP contribution in [0.3, 0.4) is 0 Å². The van der Waals surface area contributed by atoms with Gasteiger partial charge in [0.15, 0.2) is 0 Å². The molecule has 2 N–H and O–H groups in total. The van der Waals surface area contributed by atoms with Gasteiger partial charge in [-0.2, -0.15) is 5.10 Å². The van der Waals surface area contributed by atoms with E-state index in [0.29, 0.717) is 18.5 Å². The van der Waals surface area contributed by atoms with Gasteiger partial charge in [-0.05, 0) is 24.1 Å². The van der Waals surface area contributed by atoms with Gasteiger partial charge in [0.2, 0.25) is 0 Å². The first-order chi connectivity index (χ1) is 9.19. The van der Waals surface area contributed by atoms with Crippen molar-refractivity contribution in [2.24, 2.45) is 0 Å². The summed E-state index contributed by atoms with van der Waals surface area (Å²) < 4.78 is 1.79. The van der Waals surface area contributed by atoms with E-state index in [4.69, 9.17) is 5.73 Å². The fourth-order valence-electron chi connectivity index (χ4n) is 1.93. The van der Waals surface area contributed by atoms with Gasteiger partial charge < -0.3 is 5.73 Å². The normalized spacial score (nSPS) is 10.6. The maximum absolute atomic E-state index is 12.0. The molecule has 100 valence electrons. The fraction of sp³-hybridized carbons (Fsp3) is 0.357. The number of carbonyl (C=O) groups is 1. The number of nitrogens with zero attached hydrogens (tertiary/aromatic N) is 3. The van der Waals surface area contributed by atoms with Crippen molar-refractivity contribution in [3.63, 3.8) is 0 Å². The molecule has 5 nitrogen and oxygen atoms in total. The lowest BCUT2D eigenvalue weighted by molar-refractivity contribution is -0.117. The van der Waals surface area contributed by atoms with E-state index < -0.39 is 0 Å². The molecule has 0 bridgehead atoms. The van der Waals surface area contributed by atoms with E-state index in [0.717, 1.165) is 24.4 Å². The summed E-state index contributed by atoms with van der Waals surface area (Å²) in [5.74, 6) is 0.873. The third kappa shape index (κ3) is 3.64. The van der Waals surface area contributed by atoms with Crippen molar-refractivity contribution >= 4 is 11.5 Å². The summed E-state index contributed by atoms with van der Waals surface area (Å²) in [6.07, 6.45) is 3.20. The van der Waals surface area contributed by atoms with E-state index in [-0.39, 0.29) is 5.78 Å². The number of aromatic nitrogens is 3. The van der Waals surface area contributed by atoms with Crippen LogP contribution in [0.4, 0.5) is 5.69 Å². The standard InChI is InChI=1S/C14H18N4O/c1-2-7-18-14(16-10-17-18)9-13(19)8-11-3-5-12(15)6-4-11/h3-6,10H,2,7-9,15H2,1H3. The van der Waals surface area contributed by atoms with Crippen LogP contribution >= 0.6 is 0 Å². The molecule has 5 heteroatoms. The molecule has 0 aliphatic heterocycles. The second-order valence-corrected chi connectivity index (χ2v) is 4.53. The van der Waals surface area contributed by atoms with Crippen LogP contribution in [-0.4, -0.2) is 20.5 Å². The molecule has 19 heavy (non-hydrogen) atoms. The summed E-state index contributed by atoms with van der Waals surface area (Å²) in [7, 11) is 0. The summed E-state index contributed by atoms with van der Waals surface area (Å²) in [5, 5.41) is 4.11. The fourth-order valence-corrected chi connectivity index (χ4v) is 1.93. The van der Waals surface area contributed by atoms with Crippen LogP contribution in [0.2, 0.25) is 0 Å². The number of nitrogens with two attached hydrogens (primary N) is 1. The molecule has 0 atom stereocenters. The lowest BCUT2D eigenvalue weighted by atomic mass is 10.1. The summed E-state index contributed by atoms with van der Waals surface area (Å²) >= 11 is 0. The zero-order valence-corrected chi connectivity index (χ0v) is 11.0. The molecule has 1 heterocycles. The minimum atomic E-state index is 0.134. The third-order valence-corrected chi connectivity index (χ3v) is 2.87. The Labute approximate surface area is 112 Å². The average molecular weight is 258 g/mol. The van der Waals surface area contributed by atoms with Crippen LogP contribution in [-0.2, 0) is 24.2 Å². The van der Waals surface area contributed by atoms with Gasteiger partial charge in [-0.3, -0.25) is 4.79 Å². The predicted molar refractivity (Wildman–Crippen MR) is 73.6 cm³/mol. The summed E-state index contributed by atoms with van der Waals surface area (Å²) in [4.78, 5) is 16.2. The highest BCUT2D eigenvalue weighted by atomic mass is 16.1. The monoisotopic (exact) mass is 258 g/mol. The van der Waals surface area contributed by atoms with E-state index in [9.17, 15) is 4.79 Å². The zero-order chi connectivity index (χ0) is 13.7. The number of aryl methyl sites for hydroxylation is 1. The number of hydrogen-bond acceptors (Lipinski definition) is 4. The number of hydrogen-bond donors (Lipinski definition) is 1. The largest absolute Gasteiger partial charge is 0.399 e. The van der Waals surface area contributed by atoms with Crippen molar-refractivity contribution in [3.8, 4) is 0 Å². The topological polar surface area (TPSA) is 73.8 Å². The number of ketones is 1. The van der Waals surface area contributed by atoms with Crippen molar-refractivity contribution in [1.82, 2.24) is 14.8 Å². The van der Waals surface area contributed by atoms with Gasteiger partial charge in [0, 0.05) is 18.7 Å². The van der Waals surface area contributed by atoms with Gasteiger partial charge in [-0.25, -0.2) is 9.67 Å². The molecule has 1 aromatic carbocycles. The number of rotatable bonds is 6. The summed E-state index contributed by atoms with van der Waals surface area (Å²) in [5.41, 5.74) is 7.29. The smallest absolute Gasteiger partial charge is 0.144 e. The Kier molecular flexibility index (Phi) is 4.28.